The summed E-state index contributed by atoms with van der Waals surface area (Å²) in [5.41, 5.74) is 0. The maximum atomic E-state index is 11.4. The molecule has 13 heavy (non-hydrogen) atoms. The van der Waals surface area contributed by atoms with Gasteiger partial charge in [-0.25, -0.2) is 0 Å². The average molecular weight is 187 g/mol. The van der Waals surface area contributed by atoms with Gasteiger partial charge in [-0.3, -0.25) is 4.79 Å². The molecule has 0 unspecified atom stereocenters. The van der Waals surface area contributed by atoms with Gasteiger partial charge in [0.25, 0.3) is 0 Å². The van der Waals surface area contributed by atoms with E-state index in [-0.39, 0.29) is 12.0 Å². The molecule has 0 aromatic rings. The van der Waals surface area contributed by atoms with Crippen molar-refractivity contribution in [2.45, 2.75) is 45.8 Å². The first kappa shape index (κ1) is 9.00. The zero-order chi connectivity index (χ0) is 10.9. The molecule has 1 aliphatic heterocycles. The van der Waals surface area contributed by atoms with E-state index in [1.165, 1.54) is 6.92 Å². The van der Waals surface area contributed by atoms with E-state index in [0.717, 1.165) is 12.8 Å². The Hall–Kier alpha value is -0.570. The molecule has 3 nitrogen and oxygen atoms in total. The summed E-state index contributed by atoms with van der Waals surface area (Å²) >= 11 is 0. The minimum atomic E-state index is -1.51. The number of carbonyl (C=O) groups is 1. The minimum Gasteiger partial charge on any atom is -0.462 e. The van der Waals surface area contributed by atoms with Crippen molar-refractivity contribution >= 4 is 5.97 Å². The third-order valence-corrected chi connectivity index (χ3v) is 2.68. The van der Waals surface area contributed by atoms with Crippen LogP contribution in [0.1, 0.15) is 35.0 Å². The zero-order valence-electron chi connectivity index (χ0n) is 9.41. The van der Waals surface area contributed by atoms with Crippen molar-refractivity contribution in [2.24, 2.45) is 11.8 Å². The second-order valence-corrected chi connectivity index (χ2v) is 3.72. The van der Waals surface area contributed by atoms with Crippen LogP contribution in [-0.4, -0.2) is 23.3 Å². The van der Waals surface area contributed by atoms with E-state index in [9.17, 15) is 9.90 Å². The Labute approximate surface area is 80.5 Å². The van der Waals surface area contributed by atoms with E-state index in [1.807, 2.05) is 13.8 Å². The van der Waals surface area contributed by atoms with Gasteiger partial charge in [0.05, 0.1) is 12.0 Å². The van der Waals surface area contributed by atoms with Crippen LogP contribution in [0, 0.1) is 11.8 Å². The molecular weight excluding hydrogens is 168 g/mol. The van der Waals surface area contributed by atoms with Crippen LogP contribution in [0.4, 0.5) is 0 Å². The lowest BCUT2D eigenvalue weighted by atomic mass is 9.85. The Kier molecular flexibility index (Phi) is 2.83. The van der Waals surface area contributed by atoms with Gasteiger partial charge in [0.2, 0.25) is 0 Å². The second-order valence-electron chi connectivity index (χ2n) is 3.72. The van der Waals surface area contributed by atoms with Crippen LogP contribution in [0.2, 0.25) is 0 Å². The van der Waals surface area contributed by atoms with Gasteiger partial charge in [-0.15, -0.1) is 0 Å². The van der Waals surface area contributed by atoms with E-state index in [2.05, 4.69) is 0 Å². The predicted molar refractivity (Wildman–Crippen MR) is 49.1 cm³/mol. The van der Waals surface area contributed by atoms with Gasteiger partial charge in [-0.2, -0.15) is 0 Å². The highest BCUT2D eigenvalue weighted by atomic mass is 16.5. The molecule has 1 rings (SSSR count). The molecule has 1 fully saturated rings. The third-order valence-electron chi connectivity index (χ3n) is 2.68. The molecule has 0 spiro atoms. The van der Waals surface area contributed by atoms with Crippen LogP contribution in [0.3, 0.4) is 0 Å². The molecule has 0 aliphatic carbocycles. The molecule has 3 heteroatoms. The summed E-state index contributed by atoms with van der Waals surface area (Å²) in [6, 6.07) is 0. The van der Waals surface area contributed by atoms with E-state index < -0.39 is 18.0 Å². The Balaban J connectivity index is 2.78. The summed E-state index contributed by atoms with van der Waals surface area (Å²) < 4.78 is 12.8. The van der Waals surface area contributed by atoms with E-state index in [4.69, 9.17) is 6.11 Å². The second kappa shape index (κ2) is 4.09. The van der Waals surface area contributed by atoms with E-state index in [0.29, 0.717) is 0 Å². The molecule has 4 atom stereocenters. The predicted octanol–water partition coefficient (Wildman–Crippen LogP) is 1.34. The summed E-state index contributed by atoms with van der Waals surface area (Å²) in [6.07, 6.45) is 0.491. The standard InChI is InChI=1S/C10H18O3/c1-4-5-8-6(2)9(11)7(3)10(12)13-8/h6-9,11H,4-5H2,1-3H3/t6-,7+,8+,9-/m0/s1/i7D. The van der Waals surface area contributed by atoms with E-state index in [1.54, 1.807) is 0 Å². The van der Waals surface area contributed by atoms with Crippen molar-refractivity contribution in [3.05, 3.63) is 0 Å². The van der Waals surface area contributed by atoms with Crippen LogP contribution < -0.4 is 0 Å². The van der Waals surface area contributed by atoms with Crippen LogP contribution in [0.5, 0.6) is 0 Å². The number of aliphatic hydroxyl groups excluding tert-OH is 1. The van der Waals surface area contributed by atoms with Crippen molar-refractivity contribution in [3.63, 3.8) is 0 Å². The fourth-order valence-corrected chi connectivity index (χ4v) is 1.66. The van der Waals surface area contributed by atoms with Crippen molar-refractivity contribution in [2.75, 3.05) is 0 Å². The first-order valence-corrected chi connectivity index (χ1v) is 4.80. The Morgan fingerprint density at radius 2 is 2.23 bits per heavy atom. The Bertz CT molecular complexity index is 227. The third kappa shape index (κ3) is 2.02. The average Bonchev–Trinajstić information content (AvgIpc) is 2.12. The minimum absolute atomic E-state index is 0.157. The Morgan fingerprint density at radius 1 is 1.62 bits per heavy atom. The topological polar surface area (TPSA) is 46.5 Å². The molecule has 0 saturated carbocycles. The number of hydrogen-bond acceptors (Lipinski definition) is 3. The molecule has 0 radical (unpaired) electrons. The SMILES string of the molecule is [2H][C@]1(C)C(=O)O[C@H](CCC)[C@H](C)[C@@H]1O. The van der Waals surface area contributed by atoms with Crippen molar-refractivity contribution in [3.8, 4) is 0 Å². The number of rotatable bonds is 2. The van der Waals surface area contributed by atoms with Crippen LogP contribution in [0.15, 0.2) is 0 Å². The fraction of sp³-hybridized carbons (Fsp3) is 0.900. The molecule has 76 valence electrons. The summed E-state index contributed by atoms with van der Waals surface area (Å²) in [4.78, 5) is 11.4. The fourth-order valence-electron chi connectivity index (χ4n) is 1.66. The highest BCUT2D eigenvalue weighted by Crippen LogP contribution is 2.28. The van der Waals surface area contributed by atoms with Gasteiger partial charge in [0, 0.05) is 7.29 Å². The highest BCUT2D eigenvalue weighted by Gasteiger charge is 2.39. The summed E-state index contributed by atoms with van der Waals surface area (Å²) in [7, 11) is 0. The van der Waals surface area contributed by atoms with Gasteiger partial charge >= 0.3 is 5.97 Å². The molecule has 1 aliphatic rings. The lowest BCUT2D eigenvalue weighted by Crippen LogP contribution is -2.46. The number of ether oxygens (including phenoxy) is 1. The van der Waals surface area contributed by atoms with Crippen molar-refractivity contribution in [1.82, 2.24) is 0 Å². The van der Waals surface area contributed by atoms with Crippen molar-refractivity contribution < 1.29 is 16.0 Å². The molecular formula is C10H18O3. The van der Waals surface area contributed by atoms with Gasteiger partial charge in [-0.05, 0) is 13.3 Å². The maximum Gasteiger partial charge on any atom is 0.311 e. The molecule has 0 amide bonds. The summed E-state index contributed by atoms with van der Waals surface area (Å²) in [5, 5.41) is 9.78. The number of carbonyl (C=O) groups excluding carboxylic acids is 1. The van der Waals surface area contributed by atoms with Gasteiger partial charge < -0.3 is 9.84 Å². The van der Waals surface area contributed by atoms with Crippen LogP contribution in [-0.2, 0) is 9.53 Å². The quantitative estimate of drug-likeness (QED) is 0.664. The first-order valence-electron chi connectivity index (χ1n) is 5.30. The lowest BCUT2D eigenvalue weighted by Gasteiger charge is -2.36. The van der Waals surface area contributed by atoms with Gasteiger partial charge in [0.1, 0.15) is 6.10 Å². The van der Waals surface area contributed by atoms with Gasteiger partial charge in [-0.1, -0.05) is 20.3 Å². The smallest absolute Gasteiger partial charge is 0.311 e. The van der Waals surface area contributed by atoms with Gasteiger partial charge in [0.15, 0.2) is 0 Å². The maximum absolute atomic E-state index is 11.4. The first-order chi connectivity index (χ1) is 6.41. The molecule has 0 aromatic carbocycles. The van der Waals surface area contributed by atoms with Crippen LogP contribution in [0.25, 0.3) is 0 Å². The number of hydrogen-bond donors (Lipinski definition) is 1. The Morgan fingerprint density at radius 3 is 2.77 bits per heavy atom. The zero-order valence-corrected chi connectivity index (χ0v) is 8.41. The highest BCUT2D eigenvalue weighted by molar-refractivity contribution is 5.73. The number of esters is 1. The normalized spacial score (nSPS) is 46.9. The number of aliphatic hydroxyl groups is 1. The largest absolute Gasteiger partial charge is 0.462 e. The lowest BCUT2D eigenvalue weighted by molar-refractivity contribution is -0.177. The molecule has 1 N–H and O–H groups in total. The van der Waals surface area contributed by atoms with Crippen LogP contribution >= 0.6 is 0 Å². The van der Waals surface area contributed by atoms with Crippen molar-refractivity contribution in [1.29, 1.82) is 0 Å². The summed E-state index contributed by atoms with van der Waals surface area (Å²) in [6.45, 7) is 5.23. The summed E-state index contributed by atoms with van der Waals surface area (Å²) in [5.74, 6) is -2.28. The molecule has 0 aromatic heterocycles. The molecule has 1 heterocycles. The number of cyclic esters (lactones) is 1. The molecule has 0 bridgehead atoms. The van der Waals surface area contributed by atoms with E-state index >= 15 is 0 Å². The monoisotopic (exact) mass is 187 g/mol. The molecule has 1 saturated heterocycles.